The molecular weight excluding hydrogens is 370 g/mol. The lowest BCUT2D eigenvalue weighted by Gasteiger charge is -2.24. The fourth-order valence-electron chi connectivity index (χ4n) is 3.08. The number of sulfonamides is 1. The number of hydrogen-bond donors (Lipinski definition) is 1. The number of nitrogens with one attached hydrogen (secondary N) is 1. The van der Waals surface area contributed by atoms with Crippen LogP contribution in [0.25, 0.3) is 0 Å². The summed E-state index contributed by atoms with van der Waals surface area (Å²) in [6.45, 7) is 1.13. The smallest absolute Gasteiger partial charge is 0.289 e. The van der Waals surface area contributed by atoms with Crippen LogP contribution in [-0.4, -0.2) is 37.2 Å². The van der Waals surface area contributed by atoms with Crippen LogP contribution in [0, 0.1) is 10.1 Å². The fourth-order valence-corrected chi connectivity index (χ4v) is 4.43. The van der Waals surface area contributed by atoms with E-state index in [0.717, 1.165) is 25.0 Å². The molecule has 0 spiro atoms. The van der Waals surface area contributed by atoms with Crippen LogP contribution in [0.4, 0.5) is 5.69 Å². The van der Waals surface area contributed by atoms with Gasteiger partial charge in [-0.2, -0.15) is 4.72 Å². The zero-order valence-electron chi connectivity index (χ0n) is 14.4. The molecule has 142 valence electrons. The normalized spacial score (nSPS) is 15.5. The largest absolute Gasteiger partial charge is 0.341 e. The Morgan fingerprint density at radius 3 is 2.26 bits per heavy atom. The van der Waals surface area contributed by atoms with Gasteiger partial charge < -0.3 is 4.90 Å². The maximum absolute atomic E-state index is 12.9. The Morgan fingerprint density at radius 1 is 1.04 bits per heavy atom. The summed E-state index contributed by atoms with van der Waals surface area (Å²) in [6, 6.07) is 12.4. The highest BCUT2D eigenvalue weighted by molar-refractivity contribution is 7.89. The van der Waals surface area contributed by atoms with Crippen molar-refractivity contribution in [1.82, 2.24) is 9.62 Å². The number of rotatable bonds is 6. The molecule has 0 aromatic heterocycles. The molecule has 0 bridgehead atoms. The van der Waals surface area contributed by atoms with Crippen molar-refractivity contribution in [2.75, 3.05) is 13.1 Å². The lowest BCUT2D eigenvalue weighted by Crippen LogP contribution is -2.41. The number of hydrogen-bond acceptors (Lipinski definition) is 5. The summed E-state index contributed by atoms with van der Waals surface area (Å²) in [5, 5.41) is 11.2. The van der Waals surface area contributed by atoms with Gasteiger partial charge in [-0.1, -0.05) is 42.5 Å². The first-order valence-electron chi connectivity index (χ1n) is 8.49. The van der Waals surface area contributed by atoms with Crippen molar-refractivity contribution >= 4 is 21.6 Å². The number of benzene rings is 2. The number of carbonyl (C=O) groups is 1. The fraction of sp³-hybridized carbons (Fsp3) is 0.278. The molecule has 1 aliphatic rings. The van der Waals surface area contributed by atoms with E-state index in [0.29, 0.717) is 18.7 Å². The molecule has 1 unspecified atom stereocenters. The molecule has 1 aliphatic heterocycles. The predicted octanol–water partition coefficient (Wildman–Crippen LogP) is 2.24. The average Bonchev–Trinajstić information content (AvgIpc) is 3.21. The molecule has 1 fully saturated rings. The molecule has 1 amide bonds. The van der Waals surface area contributed by atoms with Gasteiger partial charge in [-0.15, -0.1) is 0 Å². The zero-order valence-corrected chi connectivity index (χ0v) is 15.3. The standard InChI is InChI=1S/C18H19N3O5S/c22-18(20-12-6-7-13-20)17(14-8-2-1-3-9-14)19-27(25,26)16-11-5-4-10-15(16)21(23)24/h1-5,8-11,17,19H,6-7,12-13H2. The summed E-state index contributed by atoms with van der Waals surface area (Å²) >= 11 is 0. The molecule has 0 radical (unpaired) electrons. The lowest BCUT2D eigenvalue weighted by molar-refractivity contribution is -0.387. The van der Waals surface area contributed by atoms with E-state index in [1.807, 2.05) is 0 Å². The van der Waals surface area contributed by atoms with Gasteiger partial charge in [0.25, 0.3) is 5.69 Å². The zero-order chi connectivity index (χ0) is 19.4. The van der Waals surface area contributed by atoms with Gasteiger partial charge in [0, 0.05) is 19.2 Å². The second-order valence-electron chi connectivity index (χ2n) is 6.22. The average molecular weight is 389 g/mol. The Morgan fingerprint density at radius 2 is 1.63 bits per heavy atom. The first-order valence-corrected chi connectivity index (χ1v) is 9.98. The molecule has 0 saturated carbocycles. The lowest BCUT2D eigenvalue weighted by atomic mass is 10.1. The Balaban J connectivity index is 1.99. The molecule has 3 rings (SSSR count). The van der Waals surface area contributed by atoms with E-state index in [9.17, 15) is 23.3 Å². The first kappa shape index (κ1) is 19.0. The van der Waals surface area contributed by atoms with Gasteiger partial charge in [-0.25, -0.2) is 8.42 Å². The maximum atomic E-state index is 12.9. The number of amides is 1. The number of nitro benzene ring substituents is 1. The second-order valence-corrected chi connectivity index (χ2v) is 7.90. The number of para-hydroxylation sites is 1. The van der Waals surface area contributed by atoms with Gasteiger partial charge in [0.2, 0.25) is 15.9 Å². The Hall–Kier alpha value is -2.78. The molecule has 9 heteroatoms. The molecule has 27 heavy (non-hydrogen) atoms. The quantitative estimate of drug-likeness (QED) is 0.602. The Kier molecular flexibility index (Phi) is 5.52. The topological polar surface area (TPSA) is 110 Å². The summed E-state index contributed by atoms with van der Waals surface area (Å²) in [5.74, 6) is -0.360. The van der Waals surface area contributed by atoms with Crippen molar-refractivity contribution in [3.63, 3.8) is 0 Å². The van der Waals surface area contributed by atoms with E-state index in [1.165, 1.54) is 12.1 Å². The van der Waals surface area contributed by atoms with Crippen molar-refractivity contribution in [3.05, 3.63) is 70.3 Å². The highest BCUT2D eigenvalue weighted by atomic mass is 32.2. The summed E-state index contributed by atoms with van der Waals surface area (Å²) in [5.41, 5.74) is -0.0537. The monoisotopic (exact) mass is 389 g/mol. The second kappa shape index (κ2) is 7.85. The van der Waals surface area contributed by atoms with Gasteiger partial charge >= 0.3 is 0 Å². The van der Waals surface area contributed by atoms with E-state index >= 15 is 0 Å². The van der Waals surface area contributed by atoms with E-state index in [-0.39, 0.29) is 5.91 Å². The Labute approximate surface area is 157 Å². The van der Waals surface area contributed by atoms with Gasteiger partial charge in [-0.3, -0.25) is 14.9 Å². The molecule has 1 heterocycles. The van der Waals surface area contributed by atoms with Crippen molar-refractivity contribution < 1.29 is 18.1 Å². The molecular formula is C18H19N3O5S. The van der Waals surface area contributed by atoms with E-state index in [1.54, 1.807) is 35.2 Å². The van der Waals surface area contributed by atoms with Crippen LogP contribution in [0.5, 0.6) is 0 Å². The third kappa shape index (κ3) is 4.15. The SMILES string of the molecule is O=C(C(NS(=O)(=O)c1ccccc1[N+](=O)[O-])c1ccccc1)N1CCCC1. The van der Waals surface area contributed by atoms with Crippen LogP contribution >= 0.6 is 0 Å². The minimum absolute atomic E-state index is 0.360. The van der Waals surface area contributed by atoms with Crippen LogP contribution in [0.1, 0.15) is 24.4 Å². The van der Waals surface area contributed by atoms with Crippen LogP contribution < -0.4 is 4.72 Å². The highest BCUT2D eigenvalue weighted by Gasteiger charge is 2.34. The van der Waals surface area contributed by atoms with E-state index < -0.39 is 31.6 Å². The molecule has 2 aromatic rings. The van der Waals surface area contributed by atoms with Crippen molar-refractivity contribution in [1.29, 1.82) is 0 Å². The molecule has 1 N–H and O–H groups in total. The number of carbonyl (C=O) groups excluding carboxylic acids is 1. The maximum Gasteiger partial charge on any atom is 0.289 e. The predicted molar refractivity (Wildman–Crippen MR) is 98.4 cm³/mol. The van der Waals surface area contributed by atoms with Crippen LogP contribution in [-0.2, 0) is 14.8 Å². The van der Waals surface area contributed by atoms with Crippen LogP contribution in [0.3, 0.4) is 0 Å². The van der Waals surface area contributed by atoms with Crippen molar-refractivity contribution in [2.45, 2.75) is 23.8 Å². The first-order chi connectivity index (χ1) is 12.9. The van der Waals surface area contributed by atoms with E-state index in [4.69, 9.17) is 0 Å². The molecule has 1 atom stereocenters. The summed E-state index contributed by atoms with van der Waals surface area (Å²) < 4.78 is 28.1. The third-order valence-electron chi connectivity index (χ3n) is 4.42. The number of nitro groups is 1. The third-order valence-corrected chi connectivity index (χ3v) is 5.89. The highest BCUT2D eigenvalue weighted by Crippen LogP contribution is 2.26. The molecule has 8 nitrogen and oxygen atoms in total. The number of nitrogens with zero attached hydrogens (tertiary/aromatic N) is 2. The van der Waals surface area contributed by atoms with Crippen LogP contribution in [0.15, 0.2) is 59.5 Å². The summed E-state index contributed by atoms with van der Waals surface area (Å²) in [6.07, 6.45) is 1.73. The van der Waals surface area contributed by atoms with Crippen molar-refractivity contribution in [3.8, 4) is 0 Å². The van der Waals surface area contributed by atoms with Gasteiger partial charge in [-0.05, 0) is 24.5 Å². The van der Waals surface area contributed by atoms with Crippen LogP contribution in [0.2, 0.25) is 0 Å². The summed E-state index contributed by atoms with van der Waals surface area (Å²) in [7, 11) is -4.30. The van der Waals surface area contributed by atoms with Gasteiger partial charge in [0.05, 0.1) is 4.92 Å². The minimum atomic E-state index is -4.30. The van der Waals surface area contributed by atoms with Gasteiger partial charge in [0.15, 0.2) is 4.90 Å². The Bertz CT molecular complexity index is 940. The minimum Gasteiger partial charge on any atom is -0.341 e. The molecule has 2 aromatic carbocycles. The summed E-state index contributed by atoms with van der Waals surface area (Å²) in [4.78, 5) is 24.5. The molecule has 1 saturated heterocycles. The van der Waals surface area contributed by atoms with Crippen molar-refractivity contribution in [2.24, 2.45) is 0 Å². The molecule has 0 aliphatic carbocycles. The van der Waals surface area contributed by atoms with E-state index in [2.05, 4.69) is 4.72 Å². The van der Waals surface area contributed by atoms with Gasteiger partial charge in [0.1, 0.15) is 6.04 Å². The number of likely N-dealkylation sites (tertiary alicyclic amines) is 1.